The summed E-state index contributed by atoms with van der Waals surface area (Å²) in [7, 11) is 0. The molecule has 1 rings (SSSR count). The molecule has 1 heterocycles. The number of alkyl halides is 3. The van der Waals surface area contributed by atoms with Crippen molar-refractivity contribution in [3.05, 3.63) is 0 Å². The molecule has 0 aromatic rings. The molecule has 1 aliphatic rings. The Morgan fingerprint density at radius 1 is 1.45 bits per heavy atom. The van der Waals surface area contributed by atoms with Crippen LogP contribution in [0.2, 0.25) is 0 Å². The van der Waals surface area contributed by atoms with Crippen LogP contribution in [-0.4, -0.2) is 16.5 Å². The van der Waals surface area contributed by atoms with Crippen LogP contribution in [-0.2, 0) is 4.74 Å². The zero-order valence-corrected chi connectivity index (χ0v) is 8.59. The van der Waals surface area contributed by atoms with E-state index in [1.165, 1.54) is 0 Å². The summed E-state index contributed by atoms with van der Waals surface area (Å²) >= 11 is 16.8. The number of halogens is 3. The van der Waals surface area contributed by atoms with Gasteiger partial charge in [-0.25, -0.2) is 0 Å². The summed E-state index contributed by atoms with van der Waals surface area (Å²) < 4.78 is 4.23. The van der Waals surface area contributed by atoms with Crippen LogP contribution in [0.3, 0.4) is 0 Å². The van der Waals surface area contributed by atoms with Gasteiger partial charge >= 0.3 is 0 Å². The van der Waals surface area contributed by atoms with Crippen molar-refractivity contribution in [3.63, 3.8) is 0 Å². The van der Waals surface area contributed by atoms with Crippen LogP contribution in [0.15, 0.2) is 0 Å². The van der Waals surface area contributed by atoms with E-state index in [1.54, 1.807) is 0 Å². The van der Waals surface area contributed by atoms with Crippen molar-refractivity contribution < 1.29 is 4.74 Å². The van der Waals surface area contributed by atoms with E-state index in [0.717, 1.165) is 13.0 Å². The zero-order chi connectivity index (χ0) is 8.48. The lowest BCUT2D eigenvalue weighted by atomic mass is 10.1. The minimum absolute atomic E-state index is 0.137. The third-order valence-electron chi connectivity index (χ3n) is 1.74. The third kappa shape index (κ3) is 3.84. The largest absolute Gasteiger partial charge is 0.378 e. The molecule has 0 aromatic heterocycles. The van der Waals surface area contributed by atoms with Crippen LogP contribution in [0.4, 0.5) is 0 Å². The summed E-state index contributed by atoms with van der Waals surface area (Å²) in [6, 6.07) is 0. The molecule has 0 aromatic carbocycles. The average molecular weight is 218 g/mol. The van der Waals surface area contributed by atoms with Crippen molar-refractivity contribution in [2.75, 3.05) is 6.61 Å². The van der Waals surface area contributed by atoms with Gasteiger partial charge in [-0.1, -0.05) is 41.7 Å². The quantitative estimate of drug-likeness (QED) is 0.613. The normalized spacial score (nSPS) is 32.7. The molecule has 1 saturated heterocycles. The van der Waals surface area contributed by atoms with E-state index in [1.807, 2.05) is 0 Å². The third-order valence-corrected chi connectivity index (χ3v) is 2.20. The highest BCUT2D eigenvalue weighted by Gasteiger charge is 2.30. The molecule has 1 nitrogen and oxygen atoms in total. The molecule has 0 unspecified atom stereocenters. The fourth-order valence-corrected chi connectivity index (χ4v) is 1.80. The van der Waals surface area contributed by atoms with Crippen molar-refractivity contribution in [1.82, 2.24) is 0 Å². The second-order valence-electron chi connectivity index (χ2n) is 3.12. The first kappa shape index (κ1) is 9.91. The minimum atomic E-state index is -1.16. The van der Waals surface area contributed by atoms with E-state index in [4.69, 9.17) is 39.5 Å². The van der Waals surface area contributed by atoms with Gasteiger partial charge in [0.05, 0.1) is 6.10 Å². The molecule has 4 heteroatoms. The summed E-state index contributed by atoms with van der Waals surface area (Å²) in [6.45, 7) is 2.93. The van der Waals surface area contributed by atoms with E-state index in [-0.39, 0.29) is 6.10 Å². The van der Waals surface area contributed by atoms with E-state index in [9.17, 15) is 0 Å². The smallest absolute Gasteiger partial charge is 0.193 e. The molecule has 1 aliphatic heterocycles. The number of hydrogen-bond acceptors (Lipinski definition) is 1. The summed E-state index contributed by atoms with van der Waals surface area (Å²) in [5, 5.41) is 0. The van der Waals surface area contributed by atoms with Gasteiger partial charge in [0.15, 0.2) is 3.79 Å². The first-order valence-electron chi connectivity index (χ1n) is 3.66. The standard InChI is InChI=1S/C7H11Cl3O/c1-5-2-6(11-4-5)3-7(8,9)10/h5-6H,2-4H2,1H3/t5-,6-/m1/s1. The highest BCUT2D eigenvalue weighted by molar-refractivity contribution is 6.67. The summed E-state index contributed by atoms with van der Waals surface area (Å²) in [5.41, 5.74) is 0. The molecule has 0 amide bonds. The van der Waals surface area contributed by atoms with Crippen molar-refractivity contribution in [2.24, 2.45) is 5.92 Å². The predicted octanol–water partition coefficient (Wildman–Crippen LogP) is 3.17. The lowest BCUT2D eigenvalue weighted by Gasteiger charge is -2.15. The van der Waals surface area contributed by atoms with Gasteiger partial charge in [0.25, 0.3) is 0 Å². The van der Waals surface area contributed by atoms with Gasteiger partial charge in [-0.15, -0.1) is 0 Å². The van der Waals surface area contributed by atoms with Crippen LogP contribution < -0.4 is 0 Å². The van der Waals surface area contributed by atoms with Gasteiger partial charge in [0.2, 0.25) is 0 Å². The van der Waals surface area contributed by atoms with E-state index < -0.39 is 3.79 Å². The Morgan fingerprint density at radius 2 is 2.09 bits per heavy atom. The van der Waals surface area contributed by atoms with Crippen molar-refractivity contribution in [1.29, 1.82) is 0 Å². The monoisotopic (exact) mass is 216 g/mol. The number of hydrogen-bond donors (Lipinski definition) is 0. The van der Waals surface area contributed by atoms with Gasteiger partial charge in [0, 0.05) is 13.0 Å². The first-order valence-corrected chi connectivity index (χ1v) is 4.79. The summed E-state index contributed by atoms with van der Waals surface area (Å²) in [6.07, 6.45) is 1.65. The van der Waals surface area contributed by atoms with Crippen LogP contribution in [0.5, 0.6) is 0 Å². The predicted molar refractivity (Wildman–Crippen MR) is 48.4 cm³/mol. The van der Waals surface area contributed by atoms with Crippen molar-refractivity contribution in [3.8, 4) is 0 Å². The second kappa shape index (κ2) is 3.69. The molecular weight excluding hydrogens is 206 g/mol. The molecule has 1 fully saturated rings. The van der Waals surface area contributed by atoms with Crippen LogP contribution in [0.1, 0.15) is 19.8 Å². The Balaban J connectivity index is 2.29. The van der Waals surface area contributed by atoms with Crippen LogP contribution in [0.25, 0.3) is 0 Å². The molecular formula is C7H11Cl3O. The molecule has 0 N–H and O–H groups in total. The van der Waals surface area contributed by atoms with E-state index >= 15 is 0 Å². The van der Waals surface area contributed by atoms with Gasteiger partial charge in [-0.3, -0.25) is 0 Å². The van der Waals surface area contributed by atoms with Crippen molar-refractivity contribution >= 4 is 34.8 Å². The maximum absolute atomic E-state index is 5.61. The van der Waals surface area contributed by atoms with Gasteiger partial charge in [-0.05, 0) is 12.3 Å². The van der Waals surface area contributed by atoms with E-state index in [2.05, 4.69) is 6.92 Å². The second-order valence-corrected chi connectivity index (χ2v) is 5.63. The number of rotatable bonds is 1. The fourth-order valence-electron chi connectivity index (χ4n) is 1.29. The Hall–Kier alpha value is 0.830. The SMILES string of the molecule is C[C@H]1CO[C@@H](CC(Cl)(Cl)Cl)C1. The van der Waals surface area contributed by atoms with Crippen molar-refractivity contribution in [2.45, 2.75) is 29.7 Å². The molecule has 0 spiro atoms. The lowest BCUT2D eigenvalue weighted by molar-refractivity contribution is 0.102. The Morgan fingerprint density at radius 3 is 2.45 bits per heavy atom. The Kier molecular flexibility index (Phi) is 3.33. The maximum atomic E-state index is 5.61. The molecule has 2 atom stereocenters. The van der Waals surface area contributed by atoms with Crippen LogP contribution in [0, 0.1) is 5.92 Å². The lowest BCUT2D eigenvalue weighted by Crippen LogP contribution is -2.15. The summed E-state index contributed by atoms with van der Waals surface area (Å²) in [4.78, 5) is 0. The van der Waals surface area contributed by atoms with E-state index in [0.29, 0.717) is 12.3 Å². The molecule has 0 bridgehead atoms. The molecule has 11 heavy (non-hydrogen) atoms. The topological polar surface area (TPSA) is 9.23 Å². The van der Waals surface area contributed by atoms with Gasteiger partial charge < -0.3 is 4.74 Å². The molecule has 0 aliphatic carbocycles. The van der Waals surface area contributed by atoms with Gasteiger partial charge in [-0.2, -0.15) is 0 Å². The minimum Gasteiger partial charge on any atom is -0.378 e. The maximum Gasteiger partial charge on any atom is 0.193 e. The highest BCUT2D eigenvalue weighted by Crippen LogP contribution is 2.35. The fraction of sp³-hybridized carbons (Fsp3) is 1.00. The zero-order valence-electron chi connectivity index (χ0n) is 6.32. The first-order chi connectivity index (χ1) is 4.97. The van der Waals surface area contributed by atoms with Gasteiger partial charge in [0.1, 0.15) is 0 Å². The molecule has 0 radical (unpaired) electrons. The van der Waals surface area contributed by atoms with Crippen LogP contribution >= 0.6 is 34.8 Å². The summed E-state index contributed by atoms with van der Waals surface area (Å²) in [5.74, 6) is 0.604. The average Bonchev–Trinajstić information content (AvgIpc) is 2.10. The Labute approximate surface area is 81.9 Å². The Bertz CT molecular complexity index is 132. The molecule has 66 valence electrons. The number of ether oxygens (including phenoxy) is 1. The highest BCUT2D eigenvalue weighted by atomic mass is 35.6. The molecule has 0 saturated carbocycles.